The van der Waals surface area contributed by atoms with Crippen molar-refractivity contribution in [2.45, 2.75) is 25.8 Å². The number of piperidine rings is 1. The van der Waals surface area contributed by atoms with Crippen molar-refractivity contribution in [2.24, 2.45) is 18.9 Å². The zero-order valence-corrected chi connectivity index (χ0v) is 11.1. The summed E-state index contributed by atoms with van der Waals surface area (Å²) in [6.07, 6.45) is 0. The second-order valence-electron chi connectivity index (χ2n) is 5.64. The fourth-order valence-electron chi connectivity index (χ4n) is 3.29. The second kappa shape index (κ2) is 3.73. The van der Waals surface area contributed by atoms with Crippen LogP contribution in [-0.4, -0.2) is 40.9 Å². The van der Waals surface area contributed by atoms with Crippen LogP contribution < -0.4 is 4.74 Å². The van der Waals surface area contributed by atoms with Gasteiger partial charge in [0.15, 0.2) is 0 Å². The molecule has 1 aromatic heterocycles. The molecule has 0 aromatic carbocycles. The molecule has 0 amide bonds. The van der Waals surface area contributed by atoms with E-state index < -0.39 is 0 Å². The molecular formula is C13H21N3O. The average Bonchev–Trinajstić information content (AvgIpc) is 2.67. The van der Waals surface area contributed by atoms with E-state index in [-0.39, 0.29) is 0 Å². The predicted octanol–water partition coefficient (Wildman–Crippen LogP) is 1.48. The maximum absolute atomic E-state index is 5.19. The Morgan fingerprint density at radius 3 is 2.47 bits per heavy atom. The number of hydrogen-bond donors (Lipinski definition) is 0. The van der Waals surface area contributed by atoms with Crippen molar-refractivity contribution < 1.29 is 4.74 Å². The molecule has 2 heterocycles. The summed E-state index contributed by atoms with van der Waals surface area (Å²) in [5, 5.41) is 4.35. The highest BCUT2D eigenvalue weighted by Gasteiger charge is 2.57. The Balaban J connectivity index is 1.72. The molecule has 0 radical (unpaired) electrons. The quantitative estimate of drug-likeness (QED) is 0.795. The van der Waals surface area contributed by atoms with Crippen LogP contribution >= 0.6 is 0 Å². The van der Waals surface area contributed by atoms with Crippen molar-refractivity contribution in [3.8, 4) is 5.88 Å². The molecule has 1 aliphatic heterocycles. The van der Waals surface area contributed by atoms with Gasteiger partial charge in [0.25, 0.3) is 0 Å². The van der Waals surface area contributed by atoms with Crippen molar-refractivity contribution in [3.63, 3.8) is 0 Å². The number of hydrogen-bond acceptors (Lipinski definition) is 3. The molecule has 2 atom stereocenters. The number of nitrogens with zero attached hydrogens (tertiary/aromatic N) is 3. The predicted molar refractivity (Wildman–Crippen MR) is 66.2 cm³/mol. The van der Waals surface area contributed by atoms with Gasteiger partial charge in [-0.05, 0) is 25.7 Å². The van der Waals surface area contributed by atoms with E-state index in [1.807, 2.05) is 11.7 Å². The average molecular weight is 235 g/mol. The van der Waals surface area contributed by atoms with Gasteiger partial charge in [-0.25, -0.2) is 0 Å². The minimum Gasteiger partial charge on any atom is -0.480 e. The van der Waals surface area contributed by atoms with Crippen LogP contribution in [-0.2, 0) is 7.05 Å². The van der Waals surface area contributed by atoms with Crippen LogP contribution in [0.5, 0.6) is 5.88 Å². The van der Waals surface area contributed by atoms with Crippen LogP contribution in [0.3, 0.4) is 0 Å². The summed E-state index contributed by atoms with van der Waals surface area (Å²) in [5.74, 6) is 3.15. The Morgan fingerprint density at radius 2 is 2.00 bits per heavy atom. The van der Waals surface area contributed by atoms with E-state index in [0.29, 0.717) is 12.0 Å². The molecule has 2 aliphatic rings. The lowest BCUT2D eigenvalue weighted by Gasteiger charge is -2.23. The highest BCUT2D eigenvalue weighted by atomic mass is 16.5. The van der Waals surface area contributed by atoms with Crippen molar-refractivity contribution >= 4 is 0 Å². The highest BCUT2D eigenvalue weighted by Crippen LogP contribution is 2.58. The van der Waals surface area contributed by atoms with E-state index in [1.165, 1.54) is 18.8 Å². The van der Waals surface area contributed by atoms with E-state index in [9.17, 15) is 0 Å². The Bertz CT molecular complexity index is 414. The Kier molecular flexibility index (Phi) is 2.43. The Morgan fingerprint density at radius 1 is 1.35 bits per heavy atom. The van der Waals surface area contributed by atoms with Crippen LogP contribution in [0.2, 0.25) is 0 Å². The first-order chi connectivity index (χ1) is 8.11. The van der Waals surface area contributed by atoms with Gasteiger partial charge in [0.05, 0.1) is 7.11 Å². The van der Waals surface area contributed by atoms with Crippen molar-refractivity contribution in [3.05, 3.63) is 11.8 Å². The number of methoxy groups -OCH3 is 1. The standard InChI is InChI=1S/C13H21N3O/c1-8(2)16-6-9-10(7-16)13(9)11-5-12(17-4)14-15(11)3/h5,8-10,13H,6-7H2,1-4H3. The van der Waals surface area contributed by atoms with E-state index in [0.717, 1.165) is 17.7 Å². The summed E-state index contributed by atoms with van der Waals surface area (Å²) in [6.45, 7) is 7.07. The molecule has 2 fully saturated rings. The van der Waals surface area contributed by atoms with Gasteiger partial charge >= 0.3 is 0 Å². The maximum Gasteiger partial charge on any atom is 0.232 e. The molecule has 94 valence electrons. The summed E-state index contributed by atoms with van der Waals surface area (Å²) in [5.41, 5.74) is 1.35. The summed E-state index contributed by atoms with van der Waals surface area (Å²) >= 11 is 0. The van der Waals surface area contributed by atoms with Crippen LogP contribution in [0.1, 0.15) is 25.5 Å². The summed E-state index contributed by atoms with van der Waals surface area (Å²) in [7, 11) is 3.70. The normalized spacial score (nSPS) is 31.9. The molecule has 3 rings (SSSR count). The molecule has 1 aromatic rings. The first-order valence-corrected chi connectivity index (χ1v) is 6.43. The van der Waals surface area contributed by atoms with Gasteiger partial charge in [-0.2, -0.15) is 0 Å². The van der Waals surface area contributed by atoms with Gasteiger partial charge in [-0.3, -0.25) is 4.68 Å². The Hall–Kier alpha value is -1.03. The van der Waals surface area contributed by atoms with Gasteiger partial charge in [-0.15, -0.1) is 5.10 Å². The summed E-state index contributed by atoms with van der Waals surface area (Å²) in [4.78, 5) is 2.58. The van der Waals surface area contributed by atoms with Crippen LogP contribution in [0.25, 0.3) is 0 Å². The van der Waals surface area contributed by atoms with Crippen LogP contribution in [0, 0.1) is 11.8 Å². The molecular weight excluding hydrogens is 214 g/mol. The zero-order chi connectivity index (χ0) is 12.2. The molecule has 0 spiro atoms. The van der Waals surface area contributed by atoms with Crippen molar-refractivity contribution in [2.75, 3.05) is 20.2 Å². The number of rotatable bonds is 3. The molecule has 0 bridgehead atoms. The minimum atomic E-state index is 0.685. The minimum absolute atomic E-state index is 0.685. The lowest BCUT2D eigenvalue weighted by atomic mass is 10.2. The summed E-state index contributed by atoms with van der Waals surface area (Å²) in [6, 6.07) is 2.78. The third-order valence-electron chi connectivity index (χ3n) is 4.40. The number of aromatic nitrogens is 2. The number of ether oxygens (including phenoxy) is 1. The second-order valence-corrected chi connectivity index (χ2v) is 5.64. The van der Waals surface area contributed by atoms with Gasteiger partial charge < -0.3 is 9.64 Å². The number of likely N-dealkylation sites (tertiary alicyclic amines) is 1. The molecule has 1 aliphatic carbocycles. The molecule has 2 unspecified atom stereocenters. The Labute approximate surface area is 103 Å². The van der Waals surface area contributed by atoms with Gasteiger partial charge in [0, 0.05) is 43.9 Å². The monoisotopic (exact) mass is 235 g/mol. The third kappa shape index (κ3) is 1.66. The van der Waals surface area contributed by atoms with Crippen molar-refractivity contribution in [1.29, 1.82) is 0 Å². The first kappa shape index (κ1) is 11.1. The van der Waals surface area contributed by atoms with E-state index in [1.54, 1.807) is 7.11 Å². The molecule has 0 N–H and O–H groups in total. The van der Waals surface area contributed by atoms with E-state index >= 15 is 0 Å². The lowest BCUT2D eigenvalue weighted by molar-refractivity contribution is 0.242. The van der Waals surface area contributed by atoms with Crippen LogP contribution in [0.4, 0.5) is 0 Å². The molecule has 4 heteroatoms. The molecule has 1 saturated heterocycles. The molecule has 4 nitrogen and oxygen atoms in total. The number of fused-ring (bicyclic) bond motifs is 1. The SMILES string of the molecule is COc1cc(C2C3CN(C(C)C)CC32)n(C)n1. The largest absolute Gasteiger partial charge is 0.480 e. The van der Waals surface area contributed by atoms with Gasteiger partial charge in [-0.1, -0.05) is 0 Å². The smallest absolute Gasteiger partial charge is 0.232 e. The molecule has 1 saturated carbocycles. The van der Waals surface area contributed by atoms with Gasteiger partial charge in [0.1, 0.15) is 0 Å². The van der Waals surface area contributed by atoms with Gasteiger partial charge in [0.2, 0.25) is 5.88 Å². The topological polar surface area (TPSA) is 30.3 Å². The maximum atomic E-state index is 5.19. The third-order valence-corrected chi connectivity index (χ3v) is 4.40. The van der Waals surface area contributed by atoms with Crippen molar-refractivity contribution in [1.82, 2.24) is 14.7 Å². The van der Waals surface area contributed by atoms with E-state index in [2.05, 4.69) is 29.9 Å². The fourth-order valence-corrected chi connectivity index (χ4v) is 3.29. The summed E-state index contributed by atoms with van der Waals surface area (Å²) < 4.78 is 7.18. The lowest BCUT2D eigenvalue weighted by Crippen LogP contribution is -2.31. The first-order valence-electron chi connectivity index (χ1n) is 6.43. The fraction of sp³-hybridized carbons (Fsp3) is 0.769. The zero-order valence-electron chi connectivity index (χ0n) is 11.1. The molecule has 17 heavy (non-hydrogen) atoms. The highest BCUT2D eigenvalue weighted by molar-refractivity contribution is 5.29. The number of aryl methyl sites for hydroxylation is 1. The van der Waals surface area contributed by atoms with E-state index in [4.69, 9.17) is 4.74 Å². The van der Waals surface area contributed by atoms with Crippen LogP contribution in [0.15, 0.2) is 6.07 Å².